The molecule has 3 rings (SSSR count). The summed E-state index contributed by atoms with van der Waals surface area (Å²) in [6.45, 7) is 0. The van der Waals surface area contributed by atoms with Gasteiger partial charge < -0.3 is 5.32 Å². The van der Waals surface area contributed by atoms with Crippen molar-refractivity contribution in [2.24, 2.45) is 0 Å². The molecule has 1 N–H and O–H groups in total. The molecule has 0 spiro atoms. The van der Waals surface area contributed by atoms with Crippen molar-refractivity contribution in [3.8, 4) is 11.3 Å². The van der Waals surface area contributed by atoms with E-state index in [9.17, 15) is 10.1 Å². The van der Waals surface area contributed by atoms with Crippen LogP contribution in [0.15, 0.2) is 48.8 Å². The summed E-state index contributed by atoms with van der Waals surface area (Å²) >= 11 is 0. The van der Waals surface area contributed by atoms with E-state index in [1.165, 1.54) is 6.07 Å². The molecular weight excluding hydrogens is 268 g/mol. The zero-order valence-corrected chi connectivity index (χ0v) is 11.3. The molecule has 21 heavy (non-hydrogen) atoms. The molecule has 2 aromatic heterocycles. The molecule has 6 heteroatoms. The molecule has 0 aliphatic rings. The lowest BCUT2D eigenvalue weighted by molar-refractivity contribution is -0.384. The number of anilines is 1. The van der Waals surface area contributed by atoms with Crippen molar-refractivity contribution in [3.63, 3.8) is 0 Å². The van der Waals surface area contributed by atoms with E-state index in [-0.39, 0.29) is 5.69 Å². The zero-order valence-electron chi connectivity index (χ0n) is 11.3. The molecule has 2 heterocycles. The monoisotopic (exact) mass is 280 g/mol. The van der Waals surface area contributed by atoms with Gasteiger partial charge in [0, 0.05) is 36.5 Å². The fourth-order valence-corrected chi connectivity index (χ4v) is 2.26. The first kappa shape index (κ1) is 13.0. The molecule has 0 atom stereocenters. The molecule has 6 nitrogen and oxygen atoms in total. The van der Waals surface area contributed by atoms with Crippen molar-refractivity contribution in [3.05, 3.63) is 58.9 Å². The van der Waals surface area contributed by atoms with Gasteiger partial charge in [0.25, 0.3) is 5.69 Å². The topological polar surface area (TPSA) is 81.0 Å². The van der Waals surface area contributed by atoms with Crippen LogP contribution >= 0.6 is 0 Å². The predicted octanol–water partition coefficient (Wildman–Crippen LogP) is 3.25. The average Bonchev–Trinajstić information content (AvgIpc) is 2.53. The Morgan fingerprint density at radius 1 is 1.19 bits per heavy atom. The number of hydrogen-bond donors (Lipinski definition) is 1. The smallest absolute Gasteiger partial charge is 0.295 e. The standard InChI is InChI=1S/C15H12N4O2/c1-16-14-6-5-13(19(20)21)15(18-14)11-4-2-3-10-7-8-17-9-12(10)11/h2-9H,1H3,(H,16,18). The van der Waals surface area contributed by atoms with Crippen LogP contribution in [-0.2, 0) is 0 Å². The summed E-state index contributed by atoms with van der Waals surface area (Å²) in [5.41, 5.74) is 1.01. The zero-order chi connectivity index (χ0) is 14.8. The third-order valence-corrected chi connectivity index (χ3v) is 3.27. The van der Waals surface area contributed by atoms with Crippen LogP contribution in [0.2, 0.25) is 0 Å². The van der Waals surface area contributed by atoms with Gasteiger partial charge in [-0.05, 0) is 17.5 Å². The van der Waals surface area contributed by atoms with Crippen molar-refractivity contribution in [1.82, 2.24) is 9.97 Å². The summed E-state index contributed by atoms with van der Waals surface area (Å²) in [6, 6.07) is 10.5. The third kappa shape index (κ3) is 2.27. The molecule has 0 fully saturated rings. The Hall–Kier alpha value is -3.02. The maximum Gasteiger partial charge on any atom is 0.295 e. The summed E-state index contributed by atoms with van der Waals surface area (Å²) in [7, 11) is 1.72. The number of nitrogens with zero attached hydrogens (tertiary/aromatic N) is 3. The lowest BCUT2D eigenvalue weighted by atomic mass is 10.0. The first-order valence-electron chi connectivity index (χ1n) is 6.37. The lowest BCUT2D eigenvalue weighted by Crippen LogP contribution is -1.99. The predicted molar refractivity (Wildman–Crippen MR) is 81.2 cm³/mol. The van der Waals surface area contributed by atoms with E-state index < -0.39 is 4.92 Å². The second-order valence-corrected chi connectivity index (χ2v) is 4.47. The molecule has 0 saturated heterocycles. The van der Waals surface area contributed by atoms with E-state index >= 15 is 0 Å². The largest absolute Gasteiger partial charge is 0.373 e. The number of pyridine rings is 2. The molecular formula is C15H12N4O2. The summed E-state index contributed by atoms with van der Waals surface area (Å²) in [4.78, 5) is 19.3. The minimum absolute atomic E-state index is 0.0228. The molecule has 0 amide bonds. The lowest BCUT2D eigenvalue weighted by Gasteiger charge is -2.08. The van der Waals surface area contributed by atoms with Gasteiger partial charge in [-0.25, -0.2) is 4.98 Å². The number of nitrogens with one attached hydrogen (secondary N) is 1. The van der Waals surface area contributed by atoms with Crippen LogP contribution < -0.4 is 5.32 Å². The SMILES string of the molecule is CNc1ccc([N+](=O)[O-])c(-c2cccc3ccncc23)n1. The Kier molecular flexibility index (Phi) is 3.19. The van der Waals surface area contributed by atoms with Crippen LogP contribution in [0.4, 0.5) is 11.5 Å². The first-order valence-corrected chi connectivity index (χ1v) is 6.37. The summed E-state index contributed by atoms with van der Waals surface area (Å²) in [6.07, 6.45) is 3.39. The molecule has 3 aromatic rings. The van der Waals surface area contributed by atoms with E-state index in [2.05, 4.69) is 15.3 Å². The van der Waals surface area contributed by atoms with E-state index in [1.807, 2.05) is 24.3 Å². The van der Waals surface area contributed by atoms with Gasteiger partial charge in [-0.15, -0.1) is 0 Å². The van der Waals surface area contributed by atoms with Crippen molar-refractivity contribution < 1.29 is 4.92 Å². The van der Waals surface area contributed by atoms with Crippen molar-refractivity contribution >= 4 is 22.3 Å². The van der Waals surface area contributed by atoms with Crippen LogP contribution in [0.3, 0.4) is 0 Å². The molecule has 0 saturated carbocycles. The Labute approximate surface area is 120 Å². The highest BCUT2D eigenvalue weighted by Gasteiger charge is 2.19. The molecule has 0 unspecified atom stereocenters. The third-order valence-electron chi connectivity index (χ3n) is 3.27. The summed E-state index contributed by atoms with van der Waals surface area (Å²) in [5.74, 6) is 0.580. The summed E-state index contributed by atoms with van der Waals surface area (Å²) in [5, 5.41) is 16.0. The fourth-order valence-electron chi connectivity index (χ4n) is 2.26. The number of hydrogen-bond acceptors (Lipinski definition) is 5. The van der Waals surface area contributed by atoms with Crippen molar-refractivity contribution in [2.45, 2.75) is 0 Å². The van der Waals surface area contributed by atoms with E-state index in [1.54, 1.807) is 25.5 Å². The average molecular weight is 280 g/mol. The van der Waals surface area contributed by atoms with Gasteiger partial charge in [0.05, 0.1) is 4.92 Å². The Balaban J connectivity index is 2.34. The molecule has 0 bridgehead atoms. The second-order valence-electron chi connectivity index (χ2n) is 4.47. The number of fused-ring (bicyclic) bond motifs is 1. The van der Waals surface area contributed by atoms with Crippen LogP contribution in [0.25, 0.3) is 22.0 Å². The van der Waals surface area contributed by atoms with Gasteiger partial charge in [0.15, 0.2) is 5.69 Å². The van der Waals surface area contributed by atoms with E-state index in [4.69, 9.17) is 0 Å². The Bertz CT molecular complexity index is 828. The van der Waals surface area contributed by atoms with Crippen molar-refractivity contribution in [1.29, 1.82) is 0 Å². The van der Waals surface area contributed by atoms with E-state index in [0.29, 0.717) is 17.1 Å². The second kappa shape index (κ2) is 5.16. The minimum Gasteiger partial charge on any atom is -0.373 e. The van der Waals surface area contributed by atoms with Crippen LogP contribution in [0, 0.1) is 10.1 Å². The van der Waals surface area contributed by atoms with Gasteiger partial charge in [-0.2, -0.15) is 0 Å². The number of aromatic nitrogens is 2. The van der Waals surface area contributed by atoms with Gasteiger partial charge in [0.2, 0.25) is 0 Å². The number of rotatable bonds is 3. The highest BCUT2D eigenvalue weighted by molar-refractivity contribution is 5.97. The van der Waals surface area contributed by atoms with Crippen molar-refractivity contribution in [2.75, 3.05) is 12.4 Å². The van der Waals surface area contributed by atoms with Gasteiger partial charge in [-0.1, -0.05) is 18.2 Å². The minimum atomic E-state index is -0.420. The maximum atomic E-state index is 11.3. The number of benzene rings is 1. The molecule has 104 valence electrons. The normalized spacial score (nSPS) is 10.5. The molecule has 0 aliphatic heterocycles. The molecule has 0 aliphatic carbocycles. The van der Waals surface area contributed by atoms with Gasteiger partial charge in [0.1, 0.15) is 5.82 Å². The fraction of sp³-hybridized carbons (Fsp3) is 0.0667. The van der Waals surface area contributed by atoms with Crippen LogP contribution in [-0.4, -0.2) is 21.9 Å². The highest BCUT2D eigenvalue weighted by Crippen LogP contribution is 2.33. The Morgan fingerprint density at radius 3 is 2.81 bits per heavy atom. The first-order chi connectivity index (χ1) is 10.2. The van der Waals surface area contributed by atoms with Gasteiger partial charge in [-0.3, -0.25) is 15.1 Å². The van der Waals surface area contributed by atoms with Crippen LogP contribution in [0.5, 0.6) is 0 Å². The quantitative estimate of drug-likeness (QED) is 0.588. The molecule has 1 aromatic carbocycles. The van der Waals surface area contributed by atoms with E-state index in [0.717, 1.165) is 10.8 Å². The molecule has 0 radical (unpaired) electrons. The summed E-state index contributed by atoms with van der Waals surface area (Å²) < 4.78 is 0. The Morgan fingerprint density at radius 2 is 2.05 bits per heavy atom. The highest BCUT2D eigenvalue weighted by atomic mass is 16.6. The maximum absolute atomic E-state index is 11.3. The number of nitro groups is 1. The van der Waals surface area contributed by atoms with Crippen LogP contribution in [0.1, 0.15) is 0 Å². The van der Waals surface area contributed by atoms with Gasteiger partial charge >= 0.3 is 0 Å².